The lowest BCUT2D eigenvalue weighted by Crippen LogP contribution is -2.39. The minimum absolute atomic E-state index is 0.0176. The van der Waals surface area contributed by atoms with Gasteiger partial charge in [0.15, 0.2) is 26.6 Å². The lowest BCUT2D eigenvalue weighted by Gasteiger charge is -2.31. The number of thiazole rings is 1. The molecule has 1 fully saturated rings. The Morgan fingerprint density at radius 3 is 2.50 bits per heavy atom. The fourth-order valence-corrected chi connectivity index (χ4v) is 6.22. The van der Waals surface area contributed by atoms with Crippen molar-refractivity contribution in [1.82, 2.24) is 4.98 Å². The number of aromatic nitrogens is 1. The van der Waals surface area contributed by atoms with Crippen molar-refractivity contribution in [2.24, 2.45) is 0 Å². The fraction of sp³-hybridized carbons (Fsp3) is 0.286. The number of benzene rings is 2. The van der Waals surface area contributed by atoms with Gasteiger partial charge in [-0.15, -0.1) is 11.3 Å². The molecule has 2 aromatic carbocycles. The van der Waals surface area contributed by atoms with Crippen molar-refractivity contribution < 1.29 is 21.6 Å². The quantitative estimate of drug-likeness (QED) is 0.568. The van der Waals surface area contributed by atoms with Crippen LogP contribution < -0.4 is 4.90 Å². The van der Waals surface area contributed by atoms with E-state index in [4.69, 9.17) is 0 Å². The molecule has 1 saturated heterocycles. The van der Waals surface area contributed by atoms with Gasteiger partial charge in [0.05, 0.1) is 15.8 Å². The largest absolute Gasteiger partial charge is 0.348 e. The minimum atomic E-state index is -3.58. The van der Waals surface area contributed by atoms with Gasteiger partial charge in [-0.3, -0.25) is 0 Å². The van der Waals surface area contributed by atoms with E-state index in [2.05, 4.69) is 4.98 Å². The Labute approximate surface area is 176 Å². The highest BCUT2D eigenvalue weighted by atomic mass is 32.2. The third-order valence-corrected chi connectivity index (χ3v) is 8.40. The first-order valence-electron chi connectivity index (χ1n) is 9.45. The molecule has 0 unspecified atom stereocenters. The first-order valence-corrected chi connectivity index (χ1v) is 11.9. The van der Waals surface area contributed by atoms with Gasteiger partial charge in [0, 0.05) is 24.9 Å². The van der Waals surface area contributed by atoms with E-state index in [1.165, 1.54) is 35.6 Å². The lowest BCUT2D eigenvalue weighted by molar-refractivity contribution is 0.507. The summed E-state index contributed by atoms with van der Waals surface area (Å²) in [6.07, 6.45) is 1.24. The zero-order chi connectivity index (χ0) is 21.3. The van der Waals surface area contributed by atoms with E-state index in [0.717, 1.165) is 29.0 Å². The molecule has 1 aliphatic rings. The van der Waals surface area contributed by atoms with Crippen LogP contribution in [0.15, 0.2) is 52.7 Å². The van der Waals surface area contributed by atoms with Gasteiger partial charge in [-0.1, -0.05) is 12.1 Å². The van der Waals surface area contributed by atoms with Crippen LogP contribution >= 0.6 is 11.3 Å². The molecular weight excluding hydrogens is 433 g/mol. The van der Waals surface area contributed by atoms with Crippen molar-refractivity contribution in [2.45, 2.75) is 29.4 Å². The van der Waals surface area contributed by atoms with Crippen molar-refractivity contribution in [2.75, 3.05) is 18.0 Å². The first-order chi connectivity index (χ1) is 14.3. The molecule has 4 nitrogen and oxygen atoms in total. The van der Waals surface area contributed by atoms with E-state index in [-0.39, 0.29) is 4.90 Å². The summed E-state index contributed by atoms with van der Waals surface area (Å²) >= 11 is 1.44. The minimum Gasteiger partial charge on any atom is -0.348 e. The Morgan fingerprint density at radius 2 is 1.80 bits per heavy atom. The summed E-state index contributed by atoms with van der Waals surface area (Å²) in [7, 11) is -3.58. The Balaban J connectivity index is 1.40. The monoisotopic (exact) mass is 452 g/mol. The van der Waals surface area contributed by atoms with E-state index in [0.29, 0.717) is 37.9 Å². The van der Waals surface area contributed by atoms with Crippen LogP contribution in [0.3, 0.4) is 0 Å². The van der Waals surface area contributed by atoms with Crippen molar-refractivity contribution >= 4 is 26.3 Å². The van der Waals surface area contributed by atoms with E-state index < -0.39 is 32.5 Å². The Kier molecular flexibility index (Phi) is 5.84. The molecule has 0 amide bonds. The highest BCUT2D eigenvalue weighted by Crippen LogP contribution is 2.30. The highest BCUT2D eigenvalue weighted by Gasteiger charge is 2.32. The van der Waals surface area contributed by atoms with Gasteiger partial charge in [-0.25, -0.2) is 26.6 Å². The Morgan fingerprint density at radius 1 is 1.03 bits per heavy atom. The summed E-state index contributed by atoms with van der Waals surface area (Å²) in [6, 6.07) is 8.91. The zero-order valence-corrected chi connectivity index (χ0v) is 17.5. The average Bonchev–Trinajstić information content (AvgIpc) is 3.19. The molecule has 2 heterocycles. The molecule has 4 rings (SSSR count). The number of nitrogens with zero attached hydrogens (tertiary/aromatic N) is 2. The molecule has 3 aromatic rings. The maximum atomic E-state index is 13.4. The van der Waals surface area contributed by atoms with E-state index >= 15 is 0 Å². The smallest absolute Gasteiger partial charge is 0.185 e. The zero-order valence-electron chi connectivity index (χ0n) is 15.9. The van der Waals surface area contributed by atoms with Gasteiger partial charge in [-0.05, 0) is 48.7 Å². The average molecular weight is 453 g/mol. The number of hydrogen-bond acceptors (Lipinski definition) is 5. The van der Waals surface area contributed by atoms with E-state index in [9.17, 15) is 21.6 Å². The van der Waals surface area contributed by atoms with Crippen LogP contribution in [0, 0.1) is 17.5 Å². The Bertz CT molecular complexity index is 1160. The summed E-state index contributed by atoms with van der Waals surface area (Å²) in [5, 5.41) is 2.08. The second-order valence-corrected chi connectivity index (χ2v) is 10.3. The number of piperidine rings is 1. The summed E-state index contributed by atoms with van der Waals surface area (Å²) in [4.78, 5) is 6.61. The van der Waals surface area contributed by atoms with E-state index in [1.54, 1.807) is 0 Å². The van der Waals surface area contributed by atoms with Crippen LogP contribution in [-0.4, -0.2) is 31.7 Å². The topological polar surface area (TPSA) is 50.3 Å². The summed E-state index contributed by atoms with van der Waals surface area (Å²) in [5.74, 6) is -2.33. The van der Waals surface area contributed by atoms with Crippen molar-refractivity contribution in [3.8, 4) is 0 Å². The van der Waals surface area contributed by atoms with Gasteiger partial charge < -0.3 is 4.90 Å². The van der Waals surface area contributed by atoms with Crippen LogP contribution in [0.4, 0.5) is 18.3 Å². The number of hydrogen-bond donors (Lipinski definition) is 0. The summed E-state index contributed by atoms with van der Waals surface area (Å²) in [5.41, 5.74) is 1.38. The van der Waals surface area contributed by atoms with Crippen LogP contribution in [0.5, 0.6) is 0 Å². The van der Waals surface area contributed by atoms with Crippen molar-refractivity contribution in [1.29, 1.82) is 0 Å². The molecule has 0 aliphatic carbocycles. The van der Waals surface area contributed by atoms with E-state index in [1.807, 2.05) is 10.3 Å². The molecular formula is C21H19F3N2O2S2. The third kappa shape index (κ3) is 4.37. The second kappa shape index (κ2) is 8.39. The molecule has 0 bridgehead atoms. The van der Waals surface area contributed by atoms with Crippen LogP contribution in [0.25, 0.3) is 0 Å². The van der Waals surface area contributed by atoms with Gasteiger partial charge >= 0.3 is 0 Å². The predicted molar refractivity (Wildman–Crippen MR) is 110 cm³/mol. The summed E-state index contributed by atoms with van der Waals surface area (Å²) in [6.45, 7) is 1.05. The number of anilines is 1. The van der Waals surface area contributed by atoms with Gasteiger partial charge in [0.25, 0.3) is 0 Å². The van der Waals surface area contributed by atoms with Crippen molar-refractivity contribution in [3.63, 3.8) is 0 Å². The van der Waals surface area contributed by atoms with Crippen LogP contribution in [0.2, 0.25) is 0 Å². The molecule has 0 radical (unpaired) electrons. The van der Waals surface area contributed by atoms with Gasteiger partial charge in [0.1, 0.15) is 5.82 Å². The second-order valence-electron chi connectivity index (χ2n) is 7.24. The van der Waals surface area contributed by atoms with Gasteiger partial charge in [-0.2, -0.15) is 0 Å². The molecule has 158 valence electrons. The number of halogens is 3. The van der Waals surface area contributed by atoms with Crippen LogP contribution in [0.1, 0.15) is 24.1 Å². The predicted octanol–water partition coefficient (Wildman–Crippen LogP) is 4.59. The molecule has 0 spiro atoms. The number of sulfone groups is 1. The SMILES string of the molecule is O=S(=O)(c1cccc(F)c1)C1CCN(c2nc(Cc3ccc(F)c(F)c3)cs2)CC1. The molecule has 0 saturated carbocycles. The molecule has 0 N–H and O–H groups in total. The Hall–Kier alpha value is -2.39. The lowest BCUT2D eigenvalue weighted by atomic mass is 10.1. The molecule has 9 heteroatoms. The number of rotatable bonds is 5. The summed E-state index contributed by atoms with van der Waals surface area (Å²) < 4.78 is 65.5. The van der Waals surface area contributed by atoms with Crippen LogP contribution in [-0.2, 0) is 16.3 Å². The normalized spacial score (nSPS) is 15.5. The fourth-order valence-electron chi connectivity index (χ4n) is 3.58. The maximum absolute atomic E-state index is 13.4. The molecule has 1 aliphatic heterocycles. The van der Waals surface area contributed by atoms with Crippen molar-refractivity contribution in [3.05, 3.63) is 76.6 Å². The van der Waals surface area contributed by atoms with Gasteiger partial charge in [0.2, 0.25) is 0 Å². The standard InChI is InChI=1S/C21H19F3N2O2S2/c22-15-2-1-3-18(12-15)30(27,28)17-6-8-26(9-7-17)21-25-16(13-29-21)10-14-4-5-19(23)20(24)11-14/h1-5,11-13,17H,6-10H2. The highest BCUT2D eigenvalue weighted by molar-refractivity contribution is 7.92. The molecule has 1 aromatic heterocycles. The maximum Gasteiger partial charge on any atom is 0.185 e. The molecule has 0 atom stereocenters. The third-order valence-electron chi connectivity index (χ3n) is 5.18. The first kappa shape index (κ1) is 20.9. The molecule has 30 heavy (non-hydrogen) atoms.